The number of ether oxygens (including phenoxy) is 4. The van der Waals surface area contributed by atoms with E-state index in [1.54, 1.807) is 7.11 Å². The Balaban J connectivity index is 1.34. The maximum atomic E-state index is 12.0. The summed E-state index contributed by atoms with van der Waals surface area (Å²) in [7, 11) is 3.61. The van der Waals surface area contributed by atoms with Crippen LogP contribution in [0.4, 0.5) is 0 Å². The van der Waals surface area contributed by atoms with Crippen LogP contribution < -0.4 is 14.2 Å². The zero-order valence-corrected chi connectivity index (χ0v) is 22.5. The molecule has 0 atom stereocenters. The van der Waals surface area contributed by atoms with Gasteiger partial charge in [0.2, 0.25) is 0 Å². The first kappa shape index (κ1) is 26.1. The summed E-state index contributed by atoms with van der Waals surface area (Å²) in [5, 5.41) is 2.35. The Bertz CT molecular complexity index is 1610. The zero-order chi connectivity index (χ0) is 27.2. The Morgan fingerprint density at radius 3 is 2.51 bits per heavy atom. The second-order valence-corrected chi connectivity index (χ2v) is 9.28. The molecule has 0 radical (unpaired) electrons. The van der Waals surface area contributed by atoms with Gasteiger partial charge in [0.05, 0.1) is 24.8 Å². The van der Waals surface area contributed by atoms with Crippen molar-refractivity contribution in [3.05, 3.63) is 95.8 Å². The monoisotopic (exact) mass is 524 g/mol. The molecule has 0 spiro atoms. The number of methoxy groups -OCH3 is 1. The highest BCUT2D eigenvalue weighted by Gasteiger charge is 2.13. The Morgan fingerprint density at radius 1 is 0.872 bits per heavy atom. The smallest absolute Gasteiger partial charge is 0.306 e. The maximum absolute atomic E-state index is 12.0. The van der Waals surface area contributed by atoms with Gasteiger partial charge in [-0.15, -0.1) is 0 Å². The molecule has 1 aromatic heterocycles. The molecule has 0 saturated carbocycles. The Hall–Kier alpha value is -4.52. The van der Waals surface area contributed by atoms with Crippen molar-refractivity contribution >= 4 is 27.8 Å². The lowest BCUT2D eigenvalue weighted by Crippen LogP contribution is -2.07. The van der Waals surface area contributed by atoms with Gasteiger partial charge in [-0.1, -0.05) is 42.5 Å². The summed E-state index contributed by atoms with van der Waals surface area (Å²) in [6.45, 7) is 2.86. The molecule has 0 saturated heterocycles. The molecule has 5 rings (SSSR count). The van der Waals surface area contributed by atoms with Gasteiger partial charge >= 0.3 is 5.97 Å². The lowest BCUT2D eigenvalue weighted by atomic mass is 10.1. The van der Waals surface area contributed by atoms with Crippen molar-refractivity contribution in [1.29, 1.82) is 0 Å². The number of hydrogen-bond donors (Lipinski definition) is 0. The van der Waals surface area contributed by atoms with Crippen LogP contribution in [0.3, 0.4) is 0 Å². The molecule has 0 fully saturated rings. The molecule has 200 valence electrons. The van der Waals surface area contributed by atoms with Crippen molar-refractivity contribution in [2.75, 3.05) is 13.7 Å². The number of nitrogens with zero attached hydrogens (tertiary/aromatic N) is 2. The fraction of sp³-hybridized carbons (Fsp3) is 0.250. The van der Waals surface area contributed by atoms with Crippen molar-refractivity contribution in [3.8, 4) is 17.2 Å². The number of benzene rings is 4. The average Bonchev–Trinajstić information content (AvgIpc) is 3.28. The third-order valence-electron chi connectivity index (χ3n) is 6.70. The molecular weight excluding hydrogens is 492 g/mol. The zero-order valence-electron chi connectivity index (χ0n) is 22.5. The van der Waals surface area contributed by atoms with Crippen LogP contribution in [-0.4, -0.2) is 29.2 Å². The van der Waals surface area contributed by atoms with Gasteiger partial charge in [-0.2, -0.15) is 0 Å². The SMILES string of the molecule is CCOC(=O)CCc1ccc(OCc2nc3ccc(OC)cc3n2C)cc1OCc1ccc2ccccc2c1. The van der Waals surface area contributed by atoms with Crippen molar-refractivity contribution in [2.24, 2.45) is 7.05 Å². The van der Waals surface area contributed by atoms with Crippen molar-refractivity contribution in [1.82, 2.24) is 9.55 Å². The largest absolute Gasteiger partial charge is 0.497 e. The second-order valence-electron chi connectivity index (χ2n) is 9.28. The van der Waals surface area contributed by atoms with Gasteiger partial charge in [0, 0.05) is 25.6 Å². The van der Waals surface area contributed by atoms with Crippen LogP contribution >= 0.6 is 0 Å². The van der Waals surface area contributed by atoms with Crippen LogP contribution in [0.5, 0.6) is 17.2 Å². The van der Waals surface area contributed by atoms with E-state index in [0.717, 1.165) is 33.7 Å². The summed E-state index contributed by atoms with van der Waals surface area (Å²) in [5.41, 5.74) is 3.84. The van der Waals surface area contributed by atoms with Crippen LogP contribution in [0.1, 0.15) is 30.3 Å². The highest BCUT2D eigenvalue weighted by atomic mass is 16.5. The van der Waals surface area contributed by atoms with Gasteiger partial charge in [0.1, 0.15) is 36.3 Å². The molecule has 0 aliphatic rings. The normalized spacial score (nSPS) is 11.1. The summed E-state index contributed by atoms with van der Waals surface area (Å²) >= 11 is 0. The van der Waals surface area contributed by atoms with Gasteiger partial charge in [-0.3, -0.25) is 4.79 Å². The van der Waals surface area contributed by atoms with E-state index in [4.69, 9.17) is 23.9 Å². The van der Waals surface area contributed by atoms with E-state index < -0.39 is 0 Å². The minimum absolute atomic E-state index is 0.225. The number of carbonyl (C=O) groups is 1. The van der Waals surface area contributed by atoms with Crippen LogP contribution in [0.2, 0.25) is 0 Å². The van der Waals surface area contributed by atoms with Gasteiger partial charge < -0.3 is 23.5 Å². The topological polar surface area (TPSA) is 71.8 Å². The molecule has 1 heterocycles. The van der Waals surface area contributed by atoms with Crippen LogP contribution in [0, 0.1) is 0 Å². The molecule has 39 heavy (non-hydrogen) atoms. The highest BCUT2D eigenvalue weighted by molar-refractivity contribution is 5.83. The molecule has 0 N–H and O–H groups in total. The maximum Gasteiger partial charge on any atom is 0.306 e. The summed E-state index contributed by atoms with van der Waals surface area (Å²) in [4.78, 5) is 16.7. The number of aryl methyl sites for hydroxylation is 2. The molecule has 0 aliphatic carbocycles. The van der Waals surface area contributed by atoms with Gasteiger partial charge in [0.25, 0.3) is 0 Å². The number of aromatic nitrogens is 2. The number of carbonyl (C=O) groups excluding carboxylic acids is 1. The molecule has 0 bridgehead atoms. The number of imidazole rings is 1. The van der Waals surface area contributed by atoms with Crippen LogP contribution in [-0.2, 0) is 36.2 Å². The predicted molar refractivity (Wildman–Crippen MR) is 151 cm³/mol. The van der Waals surface area contributed by atoms with Crippen molar-refractivity contribution < 1.29 is 23.7 Å². The number of rotatable bonds is 11. The summed E-state index contributed by atoms with van der Waals surface area (Å²) in [6.07, 6.45) is 0.794. The van der Waals surface area contributed by atoms with E-state index in [1.165, 1.54) is 10.8 Å². The lowest BCUT2D eigenvalue weighted by molar-refractivity contribution is -0.143. The minimum Gasteiger partial charge on any atom is -0.497 e. The van der Waals surface area contributed by atoms with E-state index >= 15 is 0 Å². The molecule has 7 nitrogen and oxygen atoms in total. The highest BCUT2D eigenvalue weighted by Crippen LogP contribution is 2.29. The molecule has 0 amide bonds. The molecule has 0 aliphatic heterocycles. The lowest BCUT2D eigenvalue weighted by Gasteiger charge is -2.14. The summed E-state index contributed by atoms with van der Waals surface area (Å²) in [5.74, 6) is 2.69. The van der Waals surface area contributed by atoms with Gasteiger partial charge in [-0.05, 0) is 59.5 Å². The van der Waals surface area contributed by atoms with Crippen molar-refractivity contribution in [3.63, 3.8) is 0 Å². The first-order valence-corrected chi connectivity index (χ1v) is 13.0. The minimum atomic E-state index is -0.225. The summed E-state index contributed by atoms with van der Waals surface area (Å²) < 4.78 is 24.9. The fourth-order valence-electron chi connectivity index (χ4n) is 4.55. The molecule has 7 heteroatoms. The molecule has 0 unspecified atom stereocenters. The predicted octanol–water partition coefficient (Wildman–Crippen LogP) is 6.39. The number of esters is 1. The molecule has 5 aromatic rings. The summed E-state index contributed by atoms with van der Waals surface area (Å²) in [6, 6.07) is 26.1. The van der Waals surface area contributed by atoms with E-state index in [1.807, 2.05) is 67.1 Å². The van der Waals surface area contributed by atoms with Gasteiger partial charge in [0.15, 0.2) is 0 Å². The quantitative estimate of drug-likeness (QED) is 0.187. The van der Waals surface area contributed by atoms with E-state index in [-0.39, 0.29) is 12.4 Å². The van der Waals surface area contributed by atoms with Crippen molar-refractivity contribution in [2.45, 2.75) is 33.0 Å². The fourth-order valence-corrected chi connectivity index (χ4v) is 4.55. The van der Waals surface area contributed by atoms with E-state index in [2.05, 4.69) is 30.3 Å². The average molecular weight is 525 g/mol. The Kier molecular flexibility index (Phi) is 7.96. The van der Waals surface area contributed by atoms with Crippen LogP contribution in [0.25, 0.3) is 21.8 Å². The third-order valence-corrected chi connectivity index (χ3v) is 6.70. The second kappa shape index (κ2) is 11.9. The third kappa shape index (κ3) is 6.14. The Morgan fingerprint density at radius 2 is 1.69 bits per heavy atom. The number of hydrogen-bond acceptors (Lipinski definition) is 6. The molecule has 4 aromatic carbocycles. The van der Waals surface area contributed by atoms with E-state index in [0.29, 0.717) is 37.7 Å². The van der Waals surface area contributed by atoms with Gasteiger partial charge in [-0.25, -0.2) is 4.98 Å². The Labute approximate surface area is 227 Å². The molecular formula is C32H32N2O5. The first-order valence-electron chi connectivity index (χ1n) is 13.0. The van der Waals surface area contributed by atoms with Crippen LogP contribution in [0.15, 0.2) is 78.9 Å². The van der Waals surface area contributed by atoms with E-state index in [9.17, 15) is 4.79 Å². The standard InChI is InChI=1S/C32H32N2O5/c1-4-37-32(35)16-12-24-11-13-27(38-21-31-33-28-15-14-26(36-3)18-29(28)34(31)2)19-30(24)39-20-22-9-10-23-7-5-6-8-25(23)17-22/h5-11,13-15,17-19H,4,12,16,20-21H2,1-3H3. The number of fused-ring (bicyclic) bond motifs is 2. The first-order chi connectivity index (χ1) is 19.0.